The standard InChI is InChI=1S/C19H20FN3/c20-16-8-2-1-7-15(16)13-23-18-10-4-3-9-17(18)21-19(23)14-22-11-5-6-12-22/h1-4,7-10H,5-6,11-14H2. The first-order valence-corrected chi connectivity index (χ1v) is 8.21. The maximum atomic E-state index is 14.1. The Morgan fingerprint density at radius 2 is 1.65 bits per heavy atom. The van der Waals surface area contributed by atoms with Crippen LogP contribution in [0.4, 0.5) is 4.39 Å². The van der Waals surface area contributed by atoms with Crippen LogP contribution in [0.1, 0.15) is 24.2 Å². The molecule has 0 spiro atoms. The summed E-state index contributed by atoms with van der Waals surface area (Å²) in [5.41, 5.74) is 2.77. The molecule has 0 bridgehead atoms. The molecule has 23 heavy (non-hydrogen) atoms. The molecule has 2 heterocycles. The lowest BCUT2D eigenvalue weighted by Gasteiger charge is -2.16. The zero-order valence-electron chi connectivity index (χ0n) is 13.1. The van der Waals surface area contributed by atoms with Crippen molar-refractivity contribution in [3.05, 3.63) is 65.7 Å². The van der Waals surface area contributed by atoms with Gasteiger partial charge in [-0.3, -0.25) is 4.90 Å². The van der Waals surface area contributed by atoms with Crippen LogP contribution in [0.15, 0.2) is 48.5 Å². The van der Waals surface area contributed by atoms with E-state index in [1.54, 1.807) is 6.07 Å². The van der Waals surface area contributed by atoms with Crippen LogP contribution in [-0.2, 0) is 13.1 Å². The van der Waals surface area contributed by atoms with Gasteiger partial charge in [0.05, 0.1) is 24.1 Å². The van der Waals surface area contributed by atoms with Crippen LogP contribution in [-0.4, -0.2) is 27.5 Å². The minimum Gasteiger partial charge on any atom is -0.322 e. The molecular formula is C19H20FN3. The van der Waals surface area contributed by atoms with Gasteiger partial charge in [0, 0.05) is 5.56 Å². The third-order valence-corrected chi connectivity index (χ3v) is 4.58. The van der Waals surface area contributed by atoms with Gasteiger partial charge < -0.3 is 4.57 Å². The third-order valence-electron chi connectivity index (χ3n) is 4.58. The molecule has 0 atom stereocenters. The highest BCUT2D eigenvalue weighted by atomic mass is 19.1. The molecule has 1 fully saturated rings. The second kappa shape index (κ2) is 6.13. The van der Waals surface area contributed by atoms with Crippen molar-refractivity contribution in [2.24, 2.45) is 0 Å². The number of nitrogens with zero attached hydrogens (tertiary/aromatic N) is 3. The van der Waals surface area contributed by atoms with Gasteiger partial charge in [0.25, 0.3) is 0 Å². The normalized spacial score (nSPS) is 15.5. The van der Waals surface area contributed by atoms with Gasteiger partial charge in [-0.15, -0.1) is 0 Å². The van der Waals surface area contributed by atoms with E-state index in [2.05, 4.69) is 15.5 Å². The van der Waals surface area contributed by atoms with E-state index >= 15 is 0 Å². The number of para-hydroxylation sites is 2. The van der Waals surface area contributed by atoms with Gasteiger partial charge in [0.15, 0.2) is 0 Å². The maximum absolute atomic E-state index is 14.1. The molecule has 0 aliphatic carbocycles. The number of halogens is 1. The lowest BCUT2D eigenvalue weighted by molar-refractivity contribution is 0.318. The lowest BCUT2D eigenvalue weighted by atomic mass is 10.2. The van der Waals surface area contributed by atoms with Gasteiger partial charge in [-0.1, -0.05) is 30.3 Å². The second-order valence-electron chi connectivity index (χ2n) is 6.18. The topological polar surface area (TPSA) is 21.1 Å². The van der Waals surface area contributed by atoms with Gasteiger partial charge in [0.1, 0.15) is 11.6 Å². The van der Waals surface area contributed by atoms with Crippen LogP contribution in [0.25, 0.3) is 11.0 Å². The maximum Gasteiger partial charge on any atom is 0.128 e. The fourth-order valence-corrected chi connectivity index (χ4v) is 3.36. The first kappa shape index (κ1) is 14.4. The Balaban J connectivity index is 1.74. The zero-order valence-corrected chi connectivity index (χ0v) is 13.1. The Bertz CT molecular complexity index is 818. The summed E-state index contributed by atoms with van der Waals surface area (Å²) in [6, 6.07) is 15.1. The monoisotopic (exact) mass is 309 g/mol. The third kappa shape index (κ3) is 2.86. The van der Waals surface area contributed by atoms with Gasteiger partial charge in [0.2, 0.25) is 0 Å². The van der Waals surface area contributed by atoms with Crippen LogP contribution in [0.5, 0.6) is 0 Å². The van der Waals surface area contributed by atoms with Crippen LogP contribution < -0.4 is 0 Å². The number of fused-ring (bicyclic) bond motifs is 1. The number of hydrogen-bond acceptors (Lipinski definition) is 2. The van der Waals surface area contributed by atoms with Crippen molar-refractivity contribution in [2.45, 2.75) is 25.9 Å². The second-order valence-corrected chi connectivity index (χ2v) is 6.18. The largest absolute Gasteiger partial charge is 0.322 e. The number of imidazole rings is 1. The van der Waals surface area contributed by atoms with Crippen molar-refractivity contribution in [1.82, 2.24) is 14.5 Å². The molecule has 1 saturated heterocycles. The number of hydrogen-bond donors (Lipinski definition) is 0. The van der Waals surface area contributed by atoms with Crippen molar-refractivity contribution in [3.8, 4) is 0 Å². The summed E-state index contributed by atoms with van der Waals surface area (Å²) in [7, 11) is 0. The predicted molar refractivity (Wildman–Crippen MR) is 89.7 cm³/mol. The molecule has 2 aromatic carbocycles. The molecule has 0 N–H and O–H groups in total. The Morgan fingerprint density at radius 3 is 2.48 bits per heavy atom. The molecule has 1 aromatic heterocycles. The summed E-state index contributed by atoms with van der Waals surface area (Å²) in [5.74, 6) is 0.869. The highest BCUT2D eigenvalue weighted by Crippen LogP contribution is 2.21. The minimum atomic E-state index is -0.155. The van der Waals surface area contributed by atoms with Crippen LogP contribution in [0, 0.1) is 5.82 Å². The van der Waals surface area contributed by atoms with Crippen molar-refractivity contribution in [1.29, 1.82) is 0 Å². The molecule has 4 rings (SSSR count). The summed E-state index contributed by atoms with van der Waals surface area (Å²) in [5, 5.41) is 0. The van der Waals surface area contributed by atoms with E-state index in [0.717, 1.165) is 36.5 Å². The summed E-state index contributed by atoms with van der Waals surface area (Å²) in [4.78, 5) is 7.23. The molecule has 1 aliphatic rings. The van der Waals surface area contributed by atoms with E-state index in [1.165, 1.54) is 18.9 Å². The first-order valence-electron chi connectivity index (χ1n) is 8.21. The summed E-state index contributed by atoms with van der Waals surface area (Å²) in [6.45, 7) is 3.62. The molecule has 118 valence electrons. The van der Waals surface area contributed by atoms with E-state index in [1.807, 2.05) is 30.3 Å². The van der Waals surface area contributed by atoms with Gasteiger partial charge >= 0.3 is 0 Å². The molecule has 0 amide bonds. The smallest absolute Gasteiger partial charge is 0.128 e. The fourth-order valence-electron chi connectivity index (χ4n) is 3.36. The van der Waals surface area contributed by atoms with E-state index < -0.39 is 0 Å². The zero-order chi connectivity index (χ0) is 15.6. The average Bonchev–Trinajstić information content (AvgIpc) is 3.19. The van der Waals surface area contributed by atoms with E-state index in [4.69, 9.17) is 4.98 Å². The quantitative estimate of drug-likeness (QED) is 0.730. The first-order chi connectivity index (χ1) is 11.3. The number of benzene rings is 2. The molecule has 3 nitrogen and oxygen atoms in total. The van der Waals surface area contributed by atoms with E-state index in [0.29, 0.717) is 12.1 Å². The molecule has 0 unspecified atom stereocenters. The van der Waals surface area contributed by atoms with Gasteiger partial charge in [-0.05, 0) is 44.1 Å². The molecule has 4 heteroatoms. The number of likely N-dealkylation sites (tertiary alicyclic amines) is 1. The van der Waals surface area contributed by atoms with Crippen molar-refractivity contribution in [3.63, 3.8) is 0 Å². The Labute approximate surface area is 135 Å². The number of aromatic nitrogens is 2. The number of rotatable bonds is 4. The van der Waals surface area contributed by atoms with Crippen molar-refractivity contribution < 1.29 is 4.39 Å². The average molecular weight is 309 g/mol. The Morgan fingerprint density at radius 1 is 0.913 bits per heavy atom. The Hall–Kier alpha value is -2.20. The molecule has 0 saturated carbocycles. The molecule has 1 aliphatic heterocycles. The van der Waals surface area contributed by atoms with Crippen LogP contribution in [0.3, 0.4) is 0 Å². The predicted octanol–water partition coefficient (Wildman–Crippen LogP) is 3.82. The van der Waals surface area contributed by atoms with Crippen LogP contribution in [0.2, 0.25) is 0 Å². The highest BCUT2D eigenvalue weighted by molar-refractivity contribution is 5.76. The molecule has 0 radical (unpaired) electrons. The van der Waals surface area contributed by atoms with Crippen LogP contribution >= 0.6 is 0 Å². The lowest BCUT2D eigenvalue weighted by Crippen LogP contribution is -2.21. The summed E-state index contributed by atoms with van der Waals surface area (Å²) >= 11 is 0. The molecular weight excluding hydrogens is 289 g/mol. The fraction of sp³-hybridized carbons (Fsp3) is 0.316. The van der Waals surface area contributed by atoms with Crippen molar-refractivity contribution >= 4 is 11.0 Å². The minimum absolute atomic E-state index is 0.155. The van der Waals surface area contributed by atoms with E-state index in [-0.39, 0.29) is 5.82 Å². The van der Waals surface area contributed by atoms with E-state index in [9.17, 15) is 4.39 Å². The van der Waals surface area contributed by atoms with Gasteiger partial charge in [-0.2, -0.15) is 0 Å². The summed E-state index contributed by atoms with van der Waals surface area (Å²) < 4.78 is 16.2. The SMILES string of the molecule is Fc1ccccc1Cn1c(CN2CCCC2)nc2ccccc21. The van der Waals surface area contributed by atoms with Gasteiger partial charge in [-0.25, -0.2) is 9.37 Å². The Kier molecular flexibility index (Phi) is 3.83. The highest BCUT2D eigenvalue weighted by Gasteiger charge is 2.17. The summed E-state index contributed by atoms with van der Waals surface area (Å²) in [6.07, 6.45) is 2.51. The van der Waals surface area contributed by atoms with Crippen molar-refractivity contribution in [2.75, 3.05) is 13.1 Å². The molecule has 3 aromatic rings.